The van der Waals surface area contributed by atoms with E-state index in [0.717, 1.165) is 64.2 Å². The van der Waals surface area contributed by atoms with Crippen LogP contribution < -0.4 is 5.32 Å². The van der Waals surface area contributed by atoms with Gasteiger partial charge in [0.2, 0.25) is 5.91 Å². The summed E-state index contributed by atoms with van der Waals surface area (Å²) >= 11 is 0. The van der Waals surface area contributed by atoms with Crippen molar-refractivity contribution in [2.75, 3.05) is 40.9 Å². The van der Waals surface area contributed by atoms with Crippen molar-refractivity contribution in [2.45, 2.75) is 276 Å². The van der Waals surface area contributed by atoms with E-state index in [1.54, 1.807) is 6.08 Å². The van der Waals surface area contributed by atoms with E-state index >= 15 is 0 Å². The quantitative estimate of drug-likeness (QED) is 0.0243. The molecule has 3 unspecified atom stereocenters. The van der Waals surface area contributed by atoms with Crippen LogP contribution in [-0.4, -0.2) is 73.4 Å². The van der Waals surface area contributed by atoms with Crippen molar-refractivity contribution in [3.63, 3.8) is 0 Å². The van der Waals surface area contributed by atoms with Crippen molar-refractivity contribution in [3.05, 3.63) is 36.5 Å². The second-order valence-corrected chi connectivity index (χ2v) is 21.8. The van der Waals surface area contributed by atoms with E-state index in [1.165, 1.54) is 180 Å². The number of phosphoric acid groups is 1. The van der Waals surface area contributed by atoms with Gasteiger partial charge in [-0.1, -0.05) is 243 Å². The second kappa shape index (κ2) is 47.8. The second-order valence-electron chi connectivity index (χ2n) is 20.3. The van der Waals surface area contributed by atoms with Crippen LogP contribution in [0.1, 0.15) is 264 Å². The predicted octanol–water partition coefficient (Wildman–Crippen LogP) is 16.6. The molecule has 0 spiro atoms. The number of aliphatic hydroxyl groups is 1. The van der Waals surface area contributed by atoms with E-state index in [2.05, 4.69) is 43.5 Å². The number of carbonyl (C=O) groups is 1. The van der Waals surface area contributed by atoms with Crippen LogP contribution in [0, 0.1) is 0 Å². The van der Waals surface area contributed by atoms with Gasteiger partial charge in [0.05, 0.1) is 39.9 Å². The number of nitrogens with zero attached hydrogens (tertiary/aromatic N) is 1. The molecule has 65 heavy (non-hydrogen) atoms. The molecule has 1 amide bonds. The zero-order chi connectivity index (χ0) is 47.8. The number of hydrogen-bond acceptors (Lipinski definition) is 5. The van der Waals surface area contributed by atoms with Gasteiger partial charge in [-0.25, -0.2) is 4.57 Å². The lowest BCUT2D eigenvalue weighted by Crippen LogP contribution is -2.45. The highest BCUT2D eigenvalue weighted by molar-refractivity contribution is 7.47. The predicted molar refractivity (Wildman–Crippen MR) is 281 cm³/mol. The molecular weight excluding hydrogens is 828 g/mol. The van der Waals surface area contributed by atoms with E-state index in [4.69, 9.17) is 9.05 Å². The third kappa shape index (κ3) is 50.4. The number of hydrogen-bond donors (Lipinski definition) is 3. The maximum Gasteiger partial charge on any atom is 0.472 e. The van der Waals surface area contributed by atoms with E-state index in [-0.39, 0.29) is 19.1 Å². The highest BCUT2D eigenvalue weighted by Crippen LogP contribution is 2.43. The third-order valence-electron chi connectivity index (χ3n) is 12.6. The standard InChI is InChI=1S/C56H109N2O6P/c1-6-8-10-12-14-16-18-20-22-24-25-26-27-28-29-30-31-32-33-34-35-37-39-41-43-45-47-49-55(59)54(53-64-65(61,62)63-52-51-58(3,4)5)57-56(60)50-48-46-44-42-40-38-36-23-21-19-17-15-13-11-9-7-2/h17,19,23,36,47,49,54-55,59H,6-16,18,20-22,24-35,37-46,48,50-53H2,1-5H3,(H-,57,60,61,62)/p+1/b19-17-,36-23-,49-47+. The highest BCUT2D eigenvalue weighted by atomic mass is 31.2. The average Bonchev–Trinajstić information content (AvgIpc) is 3.26. The highest BCUT2D eigenvalue weighted by Gasteiger charge is 2.27. The Morgan fingerprint density at radius 2 is 0.877 bits per heavy atom. The molecule has 0 saturated carbocycles. The molecule has 0 saturated heterocycles. The molecule has 0 aromatic rings. The molecule has 0 aliphatic rings. The number of likely N-dealkylation sites (N-methyl/N-ethyl adjacent to an activating group) is 1. The summed E-state index contributed by atoms with van der Waals surface area (Å²) < 4.78 is 23.7. The molecule has 0 radical (unpaired) electrons. The fourth-order valence-corrected chi connectivity index (χ4v) is 8.93. The molecule has 0 aromatic carbocycles. The van der Waals surface area contributed by atoms with Crippen molar-refractivity contribution in [1.29, 1.82) is 0 Å². The van der Waals surface area contributed by atoms with Gasteiger partial charge in [0.1, 0.15) is 13.2 Å². The normalized spacial score (nSPS) is 14.3. The summed E-state index contributed by atoms with van der Waals surface area (Å²) in [6.45, 7) is 4.81. The Morgan fingerprint density at radius 1 is 0.523 bits per heavy atom. The van der Waals surface area contributed by atoms with Crippen LogP contribution in [-0.2, 0) is 18.4 Å². The van der Waals surface area contributed by atoms with Crippen LogP contribution in [0.3, 0.4) is 0 Å². The lowest BCUT2D eigenvalue weighted by molar-refractivity contribution is -0.870. The molecule has 0 bridgehead atoms. The SMILES string of the molecule is CCCCCC/C=C\C/C=C\CCCCCCCC(=O)NC(COP(=O)(O)OCC[N+](C)(C)C)C(O)/C=C/CCCCCCCCCCCCCCCCCCCCCCCCCCC. The molecule has 0 rings (SSSR count). The minimum absolute atomic E-state index is 0.0588. The topological polar surface area (TPSA) is 105 Å². The minimum atomic E-state index is -4.35. The smallest absolute Gasteiger partial charge is 0.387 e. The fourth-order valence-electron chi connectivity index (χ4n) is 8.19. The maximum atomic E-state index is 12.9. The van der Waals surface area contributed by atoms with Gasteiger partial charge in [0.15, 0.2) is 0 Å². The fraction of sp³-hybridized carbons (Fsp3) is 0.875. The number of unbranched alkanes of at least 4 members (excludes halogenated alkanes) is 34. The largest absolute Gasteiger partial charge is 0.472 e. The van der Waals surface area contributed by atoms with Crippen LogP contribution in [0.25, 0.3) is 0 Å². The Balaban J connectivity index is 4.20. The minimum Gasteiger partial charge on any atom is -0.387 e. The first-order valence-corrected chi connectivity index (χ1v) is 29.4. The number of rotatable bonds is 51. The van der Waals surface area contributed by atoms with Gasteiger partial charge < -0.3 is 19.8 Å². The van der Waals surface area contributed by atoms with Crippen molar-refractivity contribution < 1.29 is 32.9 Å². The van der Waals surface area contributed by atoms with E-state index in [9.17, 15) is 19.4 Å². The summed E-state index contributed by atoms with van der Waals surface area (Å²) in [6, 6.07) is -0.854. The van der Waals surface area contributed by atoms with E-state index < -0.39 is 20.0 Å². The van der Waals surface area contributed by atoms with Gasteiger partial charge in [-0.3, -0.25) is 13.8 Å². The van der Waals surface area contributed by atoms with Crippen LogP contribution in [0.2, 0.25) is 0 Å². The molecule has 0 aromatic heterocycles. The van der Waals surface area contributed by atoms with Crippen molar-refractivity contribution in [1.82, 2.24) is 5.32 Å². The summed E-state index contributed by atoms with van der Waals surface area (Å²) in [5.41, 5.74) is 0. The number of nitrogens with one attached hydrogen (secondary N) is 1. The van der Waals surface area contributed by atoms with Crippen LogP contribution in [0.15, 0.2) is 36.5 Å². The molecule has 9 heteroatoms. The maximum absolute atomic E-state index is 12.9. The first kappa shape index (κ1) is 63.7. The Kier molecular flexibility index (Phi) is 46.8. The van der Waals surface area contributed by atoms with Crippen LogP contribution in [0.5, 0.6) is 0 Å². The van der Waals surface area contributed by atoms with Gasteiger partial charge in [0.25, 0.3) is 0 Å². The van der Waals surface area contributed by atoms with E-state index in [1.807, 2.05) is 27.2 Å². The molecule has 8 nitrogen and oxygen atoms in total. The summed E-state index contributed by atoms with van der Waals surface area (Å²) in [5, 5.41) is 13.9. The molecule has 384 valence electrons. The molecular formula is C56H110N2O6P+. The molecule has 3 N–H and O–H groups in total. The van der Waals surface area contributed by atoms with Crippen molar-refractivity contribution >= 4 is 13.7 Å². The summed E-state index contributed by atoms with van der Waals surface area (Å²) in [4.78, 5) is 23.2. The van der Waals surface area contributed by atoms with Crippen LogP contribution >= 0.6 is 7.82 Å². The Morgan fingerprint density at radius 3 is 1.28 bits per heavy atom. The Labute approximate surface area is 404 Å². The summed E-state index contributed by atoms with van der Waals surface area (Å²) in [6.07, 6.45) is 61.0. The molecule has 0 fully saturated rings. The Hall–Kier alpha value is -1.28. The van der Waals surface area contributed by atoms with E-state index in [0.29, 0.717) is 17.4 Å². The summed E-state index contributed by atoms with van der Waals surface area (Å²) in [5.74, 6) is -0.189. The molecule has 3 atom stereocenters. The molecule has 0 heterocycles. The molecule has 0 aliphatic carbocycles. The lowest BCUT2D eigenvalue weighted by atomic mass is 10.0. The zero-order valence-corrected chi connectivity index (χ0v) is 44.6. The number of phosphoric ester groups is 1. The summed E-state index contributed by atoms with van der Waals surface area (Å²) in [7, 11) is 1.57. The number of allylic oxidation sites excluding steroid dienone is 5. The number of carbonyl (C=O) groups excluding carboxylic acids is 1. The van der Waals surface area contributed by atoms with Gasteiger partial charge in [-0.05, 0) is 51.4 Å². The van der Waals surface area contributed by atoms with Gasteiger partial charge >= 0.3 is 7.82 Å². The van der Waals surface area contributed by atoms with Crippen molar-refractivity contribution in [2.24, 2.45) is 0 Å². The lowest BCUT2D eigenvalue weighted by Gasteiger charge is -2.25. The third-order valence-corrected chi connectivity index (χ3v) is 13.6. The monoisotopic (exact) mass is 938 g/mol. The van der Waals surface area contributed by atoms with Crippen molar-refractivity contribution in [3.8, 4) is 0 Å². The number of quaternary nitrogens is 1. The average molecular weight is 938 g/mol. The molecule has 0 aliphatic heterocycles. The van der Waals surface area contributed by atoms with Gasteiger partial charge in [-0.15, -0.1) is 0 Å². The van der Waals surface area contributed by atoms with Crippen LogP contribution in [0.4, 0.5) is 0 Å². The first-order chi connectivity index (χ1) is 31.5. The first-order valence-electron chi connectivity index (χ1n) is 27.9. The number of aliphatic hydroxyl groups excluding tert-OH is 1. The van der Waals surface area contributed by atoms with Gasteiger partial charge in [0, 0.05) is 6.42 Å². The Bertz CT molecular complexity index is 1150. The van der Waals surface area contributed by atoms with Gasteiger partial charge in [-0.2, -0.15) is 0 Å². The zero-order valence-electron chi connectivity index (χ0n) is 43.7. The number of amides is 1.